The molecule has 144 valence electrons. The van der Waals surface area contributed by atoms with E-state index < -0.39 is 0 Å². The number of carbonyl (C=O) groups excluding carboxylic acids is 2. The van der Waals surface area contributed by atoms with Crippen molar-refractivity contribution in [2.45, 2.75) is 19.4 Å². The molecule has 2 aromatic carbocycles. The second-order valence-electron chi connectivity index (χ2n) is 7.34. The Labute approximate surface area is 168 Å². The largest absolute Gasteiger partial charge is 0.340 e. The zero-order valence-corrected chi connectivity index (χ0v) is 16.0. The summed E-state index contributed by atoms with van der Waals surface area (Å²) in [5.41, 5.74) is 5.84. The summed E-state index contributed by atoms with van der Waals surface area (Å²) in [5, 5.41) is 6.03. The highest BCUT2D eigenvalue weighted by molar-refractivity contribution is 6.06. The SMILES string of the molecule is Cc1ccccc1[C@@H]1NC(=O)c2nccc(NC(=O)N3CCc4ccccc43)c21. The van der Waals surface area contributed by atoms with Crippen LogP contribution in [-0.4, -0.2) is 23.5 Å². The summed E-state index contributed by atoms with van der Waals surface area (Å²) in [6, 6.07) is 17.1. The summed E-state index contributed by atoms with van der Waals surface area (Å²) in [6.45, 7) is 2.64. The van der Waals surface area contributed by atoms with Crippen LogP contribution in [0.1, 0.15) is 38.8 Å². The molecule has 0 fully saturated rings. The van der Waals surface area contributed by atoms with Crippen LogP contribution in [0.4, 0.5) is 16.2 Å². The Morgan fingerprint density at radius 1 is 1.14 bits per heavy atom. The standard InChI is InChI=1S/C23H20N4O2/c1-14-6-2-4-8-16(14)20-19-17(10-12-24-21(19)22(28)26-20)25-23(29)27-13-11-15-7-3-5-9-18(15)27/h2-10,12,20H,11,13H2,1H3,(H,26,28)(H,24,25,29)/t20-/m0/s1. The van der Waals surface area contributed by atoms with Crippen molar-refractivity contribution in [1.29, 1.82) is 0 Å². The predicted molar refractivity (Wildman–Crippen MR) is 111 cm³/mol. The third-order valence-electron chi connectivity index (χ3n) is 5.64. The number of hydrogen-bond acceptors (Lipinski definition) is 3. The second kappa shape index (κ2) is 6.74. The smallest absolute Gasteiger partial charge is 0.326 e. The van der Waals surface area contributed by atoms with Crippen molar-refractivity contribution in [2.75, 3.05) is 16.8 Å². The number of pyridine rings is 1. The first-order valence-corrected chi connectivity index (χ1v) is 9.65. The number of rotatable bonds is 2. The molecule has 3 aromatic rings. The van der Waals surface area contributed by atoms with Crippen LogP contribution in [0.15, 0.2) is 60.8 Å². The first-order valence-electron chi connectivity index (χ1n) is 9.65. The summed E-state index contributed by atoms with van der Waals surface area (Å²) in [5.74, 6) is -0.226. The fraction of sp³-hybridized carbons (Fsp3) is 0.174. The molecule has 0 radical (unpaired) electrons. The van der Waals surface area contributed by atoms with Crippen LogP contribution < -0.4 is 15.5 Å². The lowest BCUT2D eigenvalue weighted by Crippen LogP contribution is -2.33. The van der Waals surface area contributed by atoms with Gasteiger partial charge in [0.25, 0.3) is 5.91 Å². The lowest BCUT2D eigenvalue weighted by molar-refractivity contribution is 0.0956. The minimum absolute atomic E-state index is 0.203. The Morgan fingerprint density at radius 2 is 1.93 bits per heavy atom. The van der Waals surface area contributed by atoms with Crippen LogP contribution >= 0.6 is 0 Å². The first kappa shape index (κ1) is 17.4. The maximum atomic E-state index is 13.1. The van der Waals surface area contributed by atoms with Gasteiger partial charge < -0.3 is 10.6 Å². The summed E-state index contributed by atoms with van der Waals surface area (Å²) >= 11 is 0. The number of fused-ring (bicyclic) bond motifs is 2. The van der Waals surface area contributed by atoms with Crippen molar-refractivity contribution in [3.05, 3.63) is 88.7 Å². The van der Waals surface area contributed by atoms with Gasteiger partial charge in [-0.05, 0) is 42.2 Å². The van der Waals surface area contributed by atoms with E-state index in [1.807, 2.05) is 55.5 Å². The highest BCUT2D eigenvalue weighted by Crippen LogP contribution is 2.37. The Balaban J connectivity index is 1.51. The molecule has 0 unspecified atom stereocenters. The average molecular weight is 384 g/mol. The van der Waals surface area contributed by atoms with Gasteiger partial charge in [-0.3, -0.25) is 14.7 Å². The van der Waals surface area contributed by atoms with Crippen molar-refractivity contribution < 1.29 is 9.59 Å². The van der Waals surface area contributed by atoms with Gasteiger partial charge >= 0.3 is 6.03 Å². The fourth-order valence-electron chi connectivity index (χ4n) is 4.20. The number of hydrogen-bond donors (Lipinski definition) is 2. The molecule has 29 heavy (non-hydrogen) atoms. The van der Waals surface area contributed by atoms with Gasteiger partial charge in [-0.2, -0.15) is 0 Å². The summed E-state index contributed by atoms with van der Waals surface area (Å²) < 4.78 is 0. The minimum Gasteiger partial charge on any atom is -0.340 e. The normalized spacial score (nSPS) is 16.9. The van der Waals surface area contributed by atoms with Gasteiger partial charge in [-0.25, -0.2) is 4.79 Å². The Kier molecular flexibility index (Phi) is 4.05. The van der Waals surface area contributed by atoms with Gasteiger partial charge in [-0.1, -0.05) is 42.5 Å². The molecular weight excluding hydrogens is 364 g/mol. The molecule has 2 aliphatic rings. The molecule has 6 heteroatoms. The lowest BCUT2D eigenvalue weighted by Gasteiger charge is -2.21. The molecule has 5 rings (SSSR count). The molecule has 1 aromatic heterocycles. The van der Waals surface area contributed by atoms with E-state index >= 15 is 0 Å². The number of amides is 3. The van der Waals surface area contributed by atoms with Gasteiger partial charge in [0.2, 0.25) is 0 Å². The molecule has 0 aliphatic carbocycles. The molecule has 1 atom stereocenters. The molecule has 2 aliphatic heterocycles. The molecule has 0 saturated heterocycles. The number of anilines is 2. The minimum atomic E-state index is -0.339. The maximum Gasteiger partial charge on any atom is 0.326 e. The van der Waals surface area contributed by atoms with Crippen LogP contribution in [0.3, 0.4) is 0 Å². The van der Waals surface area contributed by atoms with E-state index in [0.717, 1.165) is 28.8 Å². The Hall–Kier alpha value is -3.67. The highest BCUT2D eigenvalue weighted by Gasteiger charge is 2.35. The van der Waals surface area contributed by atoms with E-state index in [-0.39, 0.29) is 18.0 Å². The van der Waals surface area contributed by atoms with Gasteiger partial charge in [0.1, 0.15) is 5.69 Å². The molecule has 0 bridgehead atoms. The lowest BCUT2D eigenvalue weighted by atomic mass is 9.95. The number of aromatic nitrogens is 1. The van der Waals surface area contributed by atoms with E-state index in [1.165, 1.54) is 0 Å². The van der Waals surface area contributed by atoms with Crippen molar-refractivity contribution in [3.63, 3.8) is 0 Å². The number of urea groups is 1. The third-order valence-corrected chi connectivity index (χ3v) is 5.64. The molecule has 0 spiro atoms. The van der Waals surface area contributed by atoms with Gasteiger partial charge in [0.05, 0.1) is 11.7 Å². The highest BCUT2D eigenvalue weighted by atomic mass is 16.2. The quantitative estimate of drug-likeness (QED) is 0.705. The maximum absolute atomic E-state index is 13.1. The zero-order chi connectivity index (χ0) is 20.0. The van der Waals surface area contributed by atoms with Gasteiger partial charge in [-0.15, -0.1) is 0 Å². The van der Waals surface area contributed by atoms with E-state index in [4.69, 9.17) is 0 Å². The van der Waals surface area contributed by atoms with Crippen LogP contribution in [0.5, 0.6) is 0 Å². The second-order valence-corrected chi connectivity index (χ2v) is 7.34. The molecule has 3 amide bonds. The number of nitrogens with zero attached hydrogens (tertiary/aromatic N) is 2. The molecule has 6 nitrogen and oxygen atoms in total. The van der Waals surface area contributed by atoms with Gasteiger partial charge in [0, 0.05) is 24.0 Å². The third kappa shape index (κ3) is 2.84. The summed E-state index contributed by atoms with van der Waals surface area (Å²) in [4.78, 5) is 31.6. The van der Waals surface area contributed by atoms with E-state index in [9.17, 15) is 9.59 Å². The van der Waals surface area contributed by atoms with Crippen LogP contribution in [0.25, 0.3) is 0 Å². The molecule has 3 heterocycles. The molecule has 0 saturated carbocycles. The first-order chi connectivity index (χ1) is 14.1. The number of para-hydroxylation sites is 1. The van der Waals surface area contributed by atoms with Crippen LogP contribution in [-0.2, 0) is 6.42 Å². The predicted octanol–water partition coefficient (Wildman–Crippen LogP) is 3.82. The Morgan fingerprint density at radius 3 is 2.79 bits per heavy atom. The zero-order valence-electron chi connectivity index (χ0n) is 16.0. The van der Waals surface area contributed by atoms with E-state index in [0.29, 0.717) is 23.5 Å². The van der Waals surface area contributed by atoms with E-state index in [1.54, 1.807) is 17.2 Å². The van der Waals surface area contributed by atoms with Crippen LogP contribution in [0, 0.1) is 6.92 Å². The van der Waals surface area contributed by atoms with Gasteiger partial charge in [0.15, 0.2) is 0 Å². The number of aryl methyl sites for hydroxylation is 1. The van der Waals surface area contributed by atoms with Crippen molar-refractivity contribution >= 4 is 23.3 Å². The van der Waals surface area contributed by atoms with Crippen molar-refractivity contribution in [3.8, 4) is 0 Å². The number of benzene rings is 2. The topological polar surface area (TPSA) is 74.3 Å². The van der Waals surface area contributed by atoms with E-state index in [2.05, 4.69) is 15.6 Å². The van der Waals surface area contributed by atoms with Crippen molar-refractivity contribution in [1.82, 2.24) is 10.3 Å². The monoisotopic (exact) mass is 384 g/mol. The molecule has 2 N–H and O–H groups in total. The average Bonchev–Trinajstić information content (AvgIpc) is 3.31. The summed E-state index contributed by atoms with van der Waals surface area (Å²) in [7, 11) is 0. The Bertz CT molecular complexity index is 1140. The fourth-order valence-corrected chi connectivity index (χ4v) is 4.20. The molecular formula is C23H20N4O2. The van der Waals surface area contributed by atoms with Crippen molar-refractivity contribution in [2.24, 2.45) is 0 Å². The number of carbonyl (C=O) groups is 2. The number of nitrogens with one attached hydrogen (secondary N) is 2. The summed E-state index contributed by atoms with van der Waals surface area (Å²) in [6.07, 6.45) is 2.40. The van der Waals surface area contributed by atoms with Crippen LogP contribution in [0.2, 0.25) is 0 Å².